The quantitative estimate of drug-likeness (QED) is 0.858. The van der Waals surface area contributed by atoms with Gasteiger partial charge in [0.2, 0.25) is 0 Å². The van der Waals surface area contributed by atoms with Crippen molar-refractivity contribution in [1.29, 1.82) is 0 Å². The zero-order valence-corrected chi connectivity index (χ0v) is 13.3. The van der Waals surface area contributed by atoms with Gasteiger partial charge in [-0.05, 0) is 46.3 Å². The van der Waals surface area contributed by atoms with E-state index in [9.17, 15) is 13.2 Å². The number of hydrogen-bond acceptors (Lipinski definition) is 5. The number of aromatic nitrogens is 1. The molecule has 0 saturated carbocycles. The Morgan fingerprint density at radius 2 is 1.90 bits per heavy atom. The number of carboxylic acid groups (broad SMARTS) is 1. The van der Waals surface area contributed by atoms with Crippen molar-refractivity contribution in [3.63, 3.8) is 0 Å². The molecule has 2 N–H and O–H groups in total. The predicted molar refractivity (Wildman–Crippen MR) is 81.7 cm³/mol. The third kappa shape index (κ3) is 3.79. The lowest BCUT2D eigenvalue weighted by Crippen LogP contribution is -2.05. The van der Waals surface area contributed by atoms with Gasteiger partial charge in [0.15, 0.2) is 9.84 Å². The van der Waals surface area contributed by atoms with Crippen molar-refractivity contribution < 1.29 is 18.3 Å². The number of carboxylic acids is 1. The number of nitrogens with one attached hydrogen (secondary N) is 1. The Balaban J connectivity index is 2.33. The summed E-state index contributed by atoms with van der Waals surface area (Å²) >= 11 is 3.16. The van der Waals surface area contributed by atoms with E-state index in [4.69, 9.17) is 5.11 Å². The second-order valence-corrected chi connectivity index (χ2v) is 7.21. The van der Waals surface area contributed by atoms with E-state index >= 15 is 0 Å². The van der Waals surface area contributed by atoms with Crippen LogP contribution >= 0.6 is 15.9 Å². The first kappa shape index (κ1) is 15.5. The molecule has 1 aromatic carbocycles. The maximum atomic E-state index is 11.4. The SMILES string of the molecule is CS(=O)(=O)c1ccc(Nc2ncc(Br)cc2C(=O)O)cc1. The fourth-order valence-electron chi connectivity index (χ4n) is 1.62. The number of sulfone groups is 1. The molecule has 0 spiro atoms. The smallest absolute Gasteiger partial charge is 0.339 e. The number of pyridine rings is 1. The average Bonchev–Trinajstić information content (AvgIpc) is 2.40. The van der Waals surface area contributed by atoms with Crippen molar-refractivity contribution in [1.82, 2.24) is 4.98 Å². The Bertz CT molecular complexity index is 788. The Labute approximate surface area is 129 Å². The van der Waals surface area contributed by atoms with Crippen LogP contribution in [0.3, 0.4) is 0 Å². The van der Waals surface area contributed by atoms with E-state index in [0.29, 0.717) is 10.2 Å². The van der Waals surface area contributed by atoms with Gasteiger partial charge in [0.25, 0.3) is 0 Å². The maximum Gasteiger partial charge on any atom is 0.339 e. The number of nitrogens with zero attached hydrogens (tertiary/aromatic N) is 1. The van der Waals surface area contributed by atoms with Crippen LogP contribution in [0, 0.1) is 0 Å². The summed E-state index contributed by atoms with van der Waals surface area (Å²) in [4.78, 5) is 15.4. The van der Waals surface area contributed by atoms with Crippen molar-refractivity contribution in [3.05, 3.63) is 46.6 Å². The molecule has 6 nitrogen and oxygen atoms in total. The number of anilines is 2. The first-order valence-electron chi connectivity index (χ1n) is 5.73. The van der Waals surface area contributed by atoms with E-state index < -0.39 is 15.8 Å². The highest BCUT2D eigenvalue weighted by atomic mass is 79.9. The van der Waals surface area contributed by atoms with Crippen LogP contribution in [0.4, 0.5) is 11.5 Å². The Morgan fingerprint density at radius 1 is 1.29 bits per heavy atom. The first-order valence-corrected chi connectivity index (χ1v) is 8.42. The number of halogens is 1. The minimum Gasteiger partial charge on any atom is -0.478 e. The highest BCUT2D eigenvalue weighted by Gasteiger charge is 2.13. The van der Waals surface area contributed by atoms with Gasteiger partial charge in [0.1, 0.15) is 11.4 Å². The van der Waals surface area contributed by atoms with Gasteiger partial charge in [-0.2, -0.15) is 0 Å². The van der Waals surface area contributed by atoms with Crippen molar-refractivity contribution in [2.45, 2.75) is 4.90 Å². The molecule has 0 fully saturated rings. The van der Waals surface area contributed by atoms with Gasteiger partial charge in [-0.25, -0.2) is 18.2 Å². The molecule has 2 rings (SSSR count). The van der Waals surface area contributed by atoms with E-state index in [1.165, 1.54) is 24.4 Å². The molecule has 1 aromatic heterocycles. The molecule has 0 aliphatic heterocycles. The highest BCUT2D eigenvalue weighted by Crippen LogP contribution is 2.23. The lowest BCUT2D eigenvalue weighted by atomic mass is 10.2. The molecule has 0 atom stereocenters. The summed E-state index contributed by atoms with van der Waals surface area (Å²) < 4.78 is 23.3. The Kier molecular flexibility index (Phi) is 4.29. The second kappa shape index (κ2) is 5.82. The summed E-state index contributed by atoms with van der Waals surface area (Å²) in [6.07, 6.45) is 2.59. The number of aromatic carboxylic acids is 1. The molecule has 0 unspecified atom stereocenters. The number of rotatable bonds is 4. The van der Waals surface area contributed by atoms with Crippen molar-refractivity contribution >= 4 is 43.2 Å². The van der Waals surface area contributed by atoms with E-state index in [2.05, 4.69) is 26.2 Å². The van der Waals surface area contributed by atoms with Crippen LogP contribution in [0.5, 0.6) is 0 Å². The fraction of sp³-hybridized carbons (Fsp3) is 0.0769. The Morgan fingerprint density at radius 3 is 2.43 bits per heavy atom. The standard InChI is InChI=1S/C13H11BrN2O4S/c1-21(19,20)10-4-2-9(3-5-10)16-12-11(13(17)18)6-8(14)7-15-12/h2-7H,1H3,(H,15,16)(H,17,18). The second-order valence-electron chi connectivity index (χ2n) is 4.28. The average molecular weight is 371 g/mol. The lowest BCUT2D eigenvalue weighted by molar-refractivity contribution is 0.0697. The normalized spacial score (nSPS) is 11.1. The summed E-state index contributed by atoms with van der Waals surface area (Å²) in [6, 6.07) is 7.41. The molecule has 0 aliphatic carbocycles. The van der Waals surface area contributed by atoms with E-state index in [1.54, 1.807) is 12.1 Å². The molecule has 1 heterocycles. The van der Waals surface area contributed by atoms with Crippen molar-refractivity contribution in [3.8, 4) is 0 Å². The fourth-order valence-corrected chi connectivity index (χ4v) is 2.59. The van der Waals surface area contributed by atoms with Crippen molar-refractivity contribution in [2.24, 2.45) is 0 Å². The maximum absolute atomic E-state index is 11.4. The summed E-state index contributed by atoms with van der Waals surface area (Å²) in [7, 11) is -3.26. The largest absolute Gasteiger partial charge is 0.478 e. The van der Waals surface area contributed by atoms with Crippen molar-refractivity contribution in [2.75, 3.05) is 11.6 Å². The van der Waals surface area contributed by atoms with Gasteiger partial charge >= 0.3 is 5.97 Å². The molecule has 21 heavy (non-hydrogen) atoms. The molecular weight excluding hydrogens is 360 g/mol. The minimum atomic E-state index is -3.26. The molecule has 0 bridgehead atoms. The topological polar surface area (TPSA) is 96.4 Å². The summed E-state index contributed by atoms with van der Waals surface area (Å²) in [5.74, 6) is -0.933. The third-order valence-corrected chi connectivity index (χ3v) is 4.19. The van der Waals surface area contributed by atoms with Gasteiger partial charge in [0, 0.05) is 22.6 Å². The molecule has 110 valence electrons. The van der Waals surface area contributed by atoms with Gasteiger partial charge in [-0.15, -0.1) is 0 Å². The van der Waals surface area contributed by atoms with Crippen LogP contribution in [-0.2, 0) is 9.84 Å². The van der Waals surface area contributed by atoms with Crippen LogP contribution in [0.2, 0.25) is 0 Å². The van der Waals surface area contributed by atoms with Crippen LogP contribution in [0.1, 0.15) is 10.4 Å². The highest BCUT2D eigenvalue weighted by molar-refractivity contribution is 9.10. The van der Waals surface area contributed by atoms with Crippen LogP contribution in [0.25, 0.3) is 0 Å². The minimum absolute atomic E-state index is 0.0107. The van der Waals surface area contributed by atoms with E-state index in [0.717, 1.165) is 6.26 Å². The predicted octanol–water partition coefficient (Wildman–Crippen LogP) is 2.69. The van der Waals surface area contributed by atoms with E-state index in [-0.39, 0.29) is 16.3 Å². The molecular formula is C13H11BrN2O4S. The zero-order chi connectivity index (χ0) is 15.6. The first-order chi connectivity index (χ1) is 9.77. The van der Waals surface area contributed by atoms with Crippen LogP contribution < -0.4 is 5.32 Å². The van der Waals surface area contributed by atoms with E-state index in [1.807, 2.05) is 0 Å². The molecule has 0 saturated heterocycles. The van der Waals surface area contributed by atoms with Gasteiger partial charge in [-0.1, -0.05) is 0 Å². The lowest BCUT2D eigenvalue weighted by Gasteiger charge is -2.09. The van der Waals surface area contributed by atoms with Gasteiger partial charge in [0.05, 0.1) is 4.90 Å². The Hall–Kier alpha value is -1.93. The van der Waals surface area contributed by atoms with Gasteiger partial charge in [-0.3, -0.25) is 0 Å². The summed E-state index contributed by atoms with van der Waals surface area (Å²) in [5, 5.41) is 12.0. The molecule has 2 aromatic rings. The van der Waals surface area contributed by atoms with Gasteiger partial charge < -0.3 is 10.4 Å². The number of carbonyl (C=O) groups is 1. The van der Waals surface area contributed by atoms with Crippen LogP contribution in [-0.4, -0.2) is 30.7 Å². The number of benzene rings is 1. The molecule has 0 aliphatic rings. The number of hydrogen-bond donors (Lipinski definition) is 2. The summed E-state index contributed by atoms with van der Waals surface area (Å²) in [5.41, 5.74) is 0.552. The van der Waals surface area contributed by atoms with Crippen LogP contribution in [0.15, 0.2) is 45.9 Å². The molecule has 8 heteroatoms. The molecule has 0 radical (unpaired) electrons. The molecule has 0 amide bonds. The summed E-state index contributed by atoms with van der Waals surface area (Å²) in [6.45, 7) is 0. The zero-order valence-electron chi connectivity index (χ0n) is 10.9. The monoisotopic (exact) mass is 370 g/mol. The third-order valence-electron chi connectivity index (χ3n) is 2.63.